The third kappa shape index (κ3) is 4.77. The first-order chi connectivity index (χ1) is 11.5. The topological polar surface area (TPSA) is 57.5 Å². The van der Waals surface area contributed by atoms with Gasteiger partial charge in [-0.25, -0.2) is 0 Å². The number of hydrogen-bond acceptors (Lipinski definition) is 1. The lowest BCUT2D eigenvalue weighted by Crippen LogP contribution is -2.26. The highest BCUT2D eigenvalue weighted by molar-refractivity contribution is 8.14. The van der Waals surface area contributed by atoms with Gasteiger partial charge in [0.05, 0.1) is 0 Å². The summed E-state index contributed by atoms with van der Waals surface area (Å²) < 4.78 is 8.74. The van der Waals surface area contributed by atoms with Crippen molar-refractivity contribution in [1.29, 1.82) is 0 Å². The molecule has 0 unspecified atom stereocenters. The number of hydrogen-bond donors (Lipinski definition) is 2. The van der Waals surface area contributed by atoms with E-state index < -0.39 is 14.9 Å². The van der Waals surface area contributed by atoms with E-state index in [2.05, 4.69) is 72.8 Å². The van der Waals surface area contributed by atoms with Gasteiger partial charge in [0.25, 0.3) is 0 Å². The first-order valence-electron chi connectivity index (χ1n) is 7.22. The van der Waals surface area contributed by atoms with E-state index >= 15 is 0 Å². The van der Waals surface area contributed by atoms with E-state index in [4.69, 9.17) is 25.6 Å². The molecule has 0 amide bonds. The predicted octanol–water partition coefficient (Wildman–Crippen LogP) is 3.50. The fraction of sp³-hybridized carbons (Fsp3) is 0. The number of benzene rings is 3. The lowest BCUT2D eigenvalue weighted by atomic mass is 10.4. The first-order valence-corrected chi connectivity index (χ1v) is 11.2. The first kappa shape index (κ1) is 18.9. The van der Waals surface area contributed by atoms with Gasteiger partial charge in [0.1, 0.15) is 0 Å². The minimum atomic E-state index is -3.13. The lowest BCUT2D eigenvalue weighted by molar-refractivity contribution is 0.405. The van der Waals surface area contributed by atoms with Crippen molar-refractivity contribution >= 4 is 42.0 Å². The fourth-order valence-electron chi connectivity index (χ4n) is 2.35. The molecule has 0 aromatic heterocycles. The second-order valence-corrected chi connectivity index (χ2v) is 9.69. The normalized spacial score (nSPS) is 10.8. The summed E-state index contributed by atoms with van der Waals surface area (Å²) in [5.41, 5.74) is 0. The van der Waals surface area contributed by atoms with Gasteiger partial charge in [-0.3, -0.25) is 4.57 Å². The maximum Gasteiger partial charge on any atom is 0.314 e. The molecule has 0 atom stereocenters. The van der Waals surface area contributed by atoms with Gasteiger partial charge in [-0.2, -0.15) is 0 Å². The van der Waals surface area contributed by atoms with Crippen molar-refractivity contribution in [3.8, 4) is 0 Å². The van der Waals surface area contributed by atoms with Gasteiger partial charge in [0, 0.05) is 6.62 Å². The molecular weight excluding hydrogens is 362 g/mol. The van der Waals surface area contributed by atoms with E-state index in [1.165, 1.54) is 15.9 Å². The molecule has 3 rings (SSSR count). The Morgan fingerprint density at radius 1 is 0.625 bits per heavy atom. The molecule has 125 valence electrons. The van der Waals surface area contributed by atoms with Crippen LogP contribution in [0.2, 0.25) is 0 Å². The van der Waals surface area contributed by atoms with Gasteiger partial charge in [0.15, 0.2) is 0 Å². The van der Waals surface area contributed by atoms with Crippen LogP contribution in [0.1, 0.15) is 0 Å². The summed E-state index contributed by atoms with van der Waals surface area (Å²) in [6, 6.07) is 31.2. The minimum Gasteiger partial charge on any atom is -0.326 e. The van der Waals surface area contributed by atoms with Crippen molar-refractivity contribution in [2.24, 2.45) is 0 Å². The average molecular weight is 380 g/mol. The Balaban J connectivity index is 0.000000471. The van der Waals surface area contributed by atoms with E-state index in [9.17, 15) is 0 Å². The minimum absolute atomic E-state index is 1.19. The van der Waals surface area contributed by atoms with Crippen LogP contribution < -0.4 is 15.9 Å². The largest absolute Gasteiger partial charge is 0.326 e. The molecular formula is C18H18ClO3P2. The molecule has 3 nitrogen and oxygen atoms in total. The highest BCUT2D eigenvalue weighted by atomic mass is 35.7. The van der Waals surface area contributed by atoms with Crippen LogP contribution in [0.3, 0.4) is 0 Å². The molecule has 0 heterocycles. The van der Waals surface area contributed by atoms with Gasteiger partial charge < -0.3 is 9.79 Å². The summed E-state index contributed by atoms with van der Waals surface area (Å²) in [5, 5.41) is 3.58. The Hall–Kier alpha value is -1.47. The van der Waals surface area contributed by atoms with Crippen LogP contribution in [-0.4, -0.2) is 9.79 Å². The van der Waals surface area contributed by atoms with E-state index in [0.29, 0.717) is 0 Å². The third-order valence-electron chi connectivity index (χ3n) is 3.34. The molecule has 24 heavy (non-hydrogen) atoms. The SMILES string of the molecule is Cl[P](c1ccccc1)(c1ccccc1)c1ccccc1.O=[PH](O)O. The van der Waals surface area contributed by atoms with Crippen LogP contribution in [0.25, 0.3) is 0 Å². The zero-order valence-corrected chi connectivity index (χ0v) is 15.4. The van der Waals surface area contributed by atoms with E-state index in [1.807, 2.05) is 18.2 Å². The molecule has 0 aliphatic heterocycles. The van der Waals surface area contributed by atoms with Crippen LogP contribution in [0.4, 0.5) is 0 Å². The van der Waals surface area contributed by atoms with Crippen LogP contribution in [0, 0.1) is 0 Å². The standard InChI is InChI=1S/C18H15ClP.H3O3P/c19-20(16-10-4-1-5-11-16,17-12-6-2-7-13-17)18-14-8-3-9-15-18;1-4(2)3/h1-15H;4H,(H2,1,2,3). The summed E-state index contributed by atoms with van der Waals surface area (Å²) in [4.78, 5) is 14.3. The van der Waals surface area contributed by atoms with Crippen LogP contribution in [-0.2, 0) is 4.57 Å². The Morgan fingerprint density at radius 2 is 0.833 bits per heavy atom. The molecule has 0 spiro atoms. The van der Waals surface area contributed by atoms with Crippen molar-refractivity contribution in [3.63, 3.8) is 0 Å². The Labute approximate surface area is 147 Å². The summed E-state index contributed by atoms with van der Waals surface area (Å²) in [6.07, 6.45) is 0. The molecule has 0 fully saturated rings. The van der Waals surface area contributed by atoms with Gasteiger partial charge >= 0.3 is 8.25 Å². The van der Waals surface area contributed by atoms with Crippen molar-refractivity contribution in [3.05, 3.63) is 91.0 Å². The maximum atomic E-state index is 8.74. The van der Waals surface area contributed by atoms with Crippen LogP contribution in [0.15, 0.2) is 91.0 Å². The van der Waals surface area contributed by atoms with Gasteiger partial charge in [-0.15, -0.1) is 0 Å². The average Bonchev–Trinajstić information content (AvgIpc) is 2.63. The molecule has 0 aliphatic rings. The second kappa shape index (κ2) is 9.13. The van der Waals surface area contributed by atoms with E-state index in [0.717, 1.165) is 0 Å². The maximum absolute atomic E-state index is 8.74. The highest BCUT2D eigenvalue weighted by Crippen LogP contribution is 2.60. The monoisotopic (exact) mass is 379 g/mol. The summed E-state index contributed by atoms with van der Waals surface area (Å²) >= 11 is 7.23. The molecule has 1 radical (unpaired) electrons. The smallest absolute Gasteiger partial charge is 0.314 e. The van der Waals surface area contributed by atoms with Crippen molar-refractivity contribution in [1.82, 2.24) is 0 Å². The Bertz CT molecular complexity index is 667. The van der Waals surface area contributed by atoms with Gasteiger partial charge in [-0.05, 0) is 15.9 Å². The number of halogens is 1. The Morgan fingerprint density at radius 3 is 1.04 bits per heavy atom. The van der Waals surface area contributed by atoms with E-state index in [-0.39, 0.29) is 0 Å². The predicted molar refractivity (Wildman–Crippen MR) is 104 cm³/mol. The fourth-order valence-corrected chi connectivity index (χ4v) is 6.00. The number of rotatable bonds is 3. The quantitative estimate of drug-likeness (QED) is 0.685. The zero-order valence-electron chi connectivity index (χ0n) is 12.8. The van der Waals surface area contributed by atoms with Crippen LogP contribution >= 0.6 is 26.1 Å². The van der Waals surface area contributed by atoms with Crippen LogP contribution in [0.5, 0.6) is 0 Å². The molecule has 0 saturated carbocycles. The van der Waals surface area contributed by atoms with Crippen molar-refractivity contribution in [2.45, 2.75) is 0 Å². The molecule has 0 bridgehead atoms. The van der Waals surface area contributed by atoms with E-state index in [1.54, 1.807) is 0 Å². The zero-order chi connectivity index (χ0) is 17.4. The lowest BCUT2D eigenvalue weighted by Gasteiger charge is -2.31. The molecule has 2 N–H and O–H groups in total. The third-order valence-corrected chi connectivity index (χ3v) is 8.12. The van der Waals surface area contributed by atoms with Gasteiger partial charge in [-0.1, -0.05) is 102 Å². The van der Waals surface area contributed by atoms with Gasteiger partial charge in [0.2, 0.25) is 0 Å². The Kier molecular flexibility index (Phi) is 7.17. The summed E-state index contributed by atoms with van der Waals surface area (Å²) in [6.45, 7) is -2.05. The molecule has 0 saturated heterocycles. The second-order valence-electron chi connectivity index (χ2n) is 4.88. The molecule has 0 aliphatic carbocycles. The molecule has 6 heteroatoms. The van der Waals surface area contributed by atoms with Crippen molar-refractivity contribution in [2.75, 3.05) is 0 Å². The molecule has 3 aromatic rings. The van der Waals surface area contributed by atoms with Crippen molar-refractivity contribution < 1.29 is 14.4 Å². The molecule has 3 aromatic carbocycles. The summed E-state index contributed by atoms with van der Waals surface area (Å²) in [5.74, 6) is 0. The summed E-state index contributed by atoms with van der Waals surface area (Å²) in [7, 11) is -3.13. The highest BCUT2D eigenvalue weighted by Gasteiger charge is 2.31.